The number of carbonyl (C=O) groups is 2. The van der Waals surface area contributed by atoms with Gasteiger partial charge in [0.15, 0.2) is 11.5 Å². The molecule has 1 fully saturated rings. The number of rotatable bonds is 7. The van der Waals surface area contributed by atoms with Crippen molar-refractivity contribution >= 4 is 11.9 Å². The highest BCUT2D eigenvalue weighted by atomic mass is 19.1. The molecular weight excluding hydrogens is 431 g/mol. The molecule has 0 spiro atoms. The second kappa shape index (κ2) is 12.2. The lowest BCUT2D eigenvalue weighted by atomic mass is 9.85. The van der Waals surface area contributed by atoms with Crippen LogP contribution in [0.2, 0.25) is 0 Å². The number of nitrogens with one attached hydrogen (secondary N) is 1. The van der Waals surface area contributed by atoms with Crippen LogP contribution in [0.4, 0.5) is 4.39 Å². The van der Waals surface area contributed by atoms with E-state index in [1.807, 2.05) is 0 Å². The molecule has 2 aromatic rings. The molecule has 8 nitrogen and oxygen atoms in total. The number of carboxylic acid groups (broad SMARTS) is 1. The SMILES string of the molecule is CC(=O)O.COc1ccc(C(=O)NCC2(O)CCCCC2)cc1Oc1cc(F)cc(CN)c1. The van der Waals surface area contributed by atoms with Crippen LogP contribution >= 0.6 is 0 Å². The van der Waals surface area contributed by atoms with Crippen LogP contribution in [0, 0.1) is 5.82 Å². The molecule has 1 saturated carbocycles. The van der Waals surface area contributed by atoms with Crippen LogP contribution in [0.25, 0.3) is 0 Å². The summed E-state index contributed by atoms with van der Waals surface area (Å²) in [6, 6.07) is 8.97. The molecule has 1 amide bonds. The van der Waals surface area contributed by atoms with E-state index in [0.717, 1.165) is 26.2 Å². The zero-order valence-corrected chi connectivity index (χ0v) is 18.9. The Balaban J connectivity index is 0.000000890. The first kappa shape index (κ1) is 26.1. The summed E-state index contributed by atoms with van der Waals surface area (Å²) in [5.41, 5.74) is 5.69. The van der Waals surface area contributed by atoms with Crippen LogP contribution in [0.1, 0.15) is 54.9 Å². The summed E-state index contributed by atoms with van der Waals surface area (Å²) in [6.45, 7) is 1.47. The number of methoxy groups -OCH3 is 1. The average molecular weight is 463 g/mol. The molecule has 0 aromatic heterocycles. The highest BCUT2D eigenvalue weighted by Crippen LogP contribution is 2.33. The van der Waals surface area contributed by atoms with Crippen LogP contribution in [0.15, 0.2) is 36.4 Å². The number of carbonyl (C=O) groups excluding carboxylic acids is 1. The van der Waals surface area contributed by atoms with E-state index in [1.54, 1.807) is 18.2 Å². The number of ether oxygens (including phenoxy) is 2. The minimum Gasteiger partial charge on any atom is -0.493 e. The number of halogens is 1. The molecule has 0 unspecified atom stereocenters. The van der Waals surface area contributed by atoms with Crippen LogP contribution in [-0.4, -0.2) is 41.3 Å². The Hall–Kier alpha value is -3.17. The highest BCUT2D eigenvalue weighted by molar-refractivity contribution is 5.95. The summed E-state index contributed by atoms with van der Waals surface area (Å²) in [5, 5.41) is 20.8. The molecule has 5 N–H and O–H groups in total. The zero-order chi connectivity index (χ0) is 24.4. The van der Waals surface area contributed by atoms with Gasteiger partial charge in [-0.3, -0.25) is 9.59 Å². The quantitative estimate of drug-likeness (QED) is 0.494. The molecule has 0 heterocycles. The van der Waals surface area contributed by atoms with Crippen LogP contribution < -0.4 is 20.5 Å². The number of aliphatic hydroxyl groups is 1. The second-order valence-electron chi connectivity index (χ2n) is 7.95. The number of hydrogen-bond acceptors (Lipinski definition) is 6. The second-order valence-corrected chi connectivity index (χ2v) is 7.95. The van der Waals surface area contributed by atoms with E-state index in [4.69, 9.17) is 25.1 Å². The zero-order valence-electron chi connectivity index (χ0n) is 18.9. The van der Waals surface area contributed by atoms with Gasteiger partial charge in [-0.2, -0.15) is 0 Å². The van der Waals surface area contributed by atoms with Crippen LogP contribution in [0.5, 0.6) is 17.2 Å². The van der Waals surface area contributed by atoms with Gasteiger partial charge in [0, 0.05) is 31.6 Å². The van der Waals surface area contributed by atoms with E-state index in [0.29, 0.717) is 29.7 Å². The van der Waals surface area contributed by atoms with Crippen LogP contribution in [0.3, 0.4) is 0 Å². The van der Waals surface area contributed by atoms with Crippen molar-refractivity contribution < 1.29 is 33.7 Å². The van der Waals surface area contributed by atoms with Crippen molar-refractivity contribution in [2.45, 2.75) is 51.2 Å². The van der Waals surface area contributed by atoms with Crippen molar-refractivity contribution in [3.05, 3.63) is 53.3 Å². The maximum atomic E-state index is 13.8. The minimum atomic E-state index is -0.847. The minimum absolute atomic E-state index is 0.177. The van der Waals surface area contributed by atoms with Crippen molar-refractivity contribution in [3.63, 3.8) is 0 Å². The van der Waals surface area contributed by atoms with Gasteiger partial charge in [-0.15, -0.1) is 0 Å². The first-order valence-electron chi connectivity index (χ1n) is 10.7. The predicted molar refractivity (Wildman–Crippen MR) is 121 cm³/mol. The van der Waals surface area contributed by atoms with Gasteiger partial charge in [0.05, 0.1) is 12.7 Å². The fourth-order valence-electron chi connectivity index (χ4n) is 3.56. The first-order valence-corrected chi connectivity index (χ1v) is 10.7. The lowest BCUT2D eigenvalue weighted by molar-refractivity contribution is -0.134. The topological polar surface area (TPSA) is 131 Å². The Kier molecular flexibility index (Phi) is 9.62. The van der Waals surface area contributed by atoms with Crippen molar-refractivity contribution in [1.82, 2.24) is 5.32 Å². The van der Waals surface area contributed by atoms with Gasteiger partial charge in [-0.05, 0) is 48.7 Å². The highest BCUT2D eigenvalue weighted by Gasteiger charge is 2.29. The van der Waals surface area contributed by atoms with Crippen molar-refractivity contribution in [1.29, 1.82) is 0 Å². The van der Waals surface area contributed by atoms with Crippen LogP contribution in [-0.2, 0) is 11.3 Å². The summed E-state index contributed by atoms with van der Waals surface area (Å²) < 4.78 is 24.8. The molecule has 1 aliphatic rings. The molecule has 33 heavy (non-hydrogen) atoms. The predicted octanol–water partition coefficient (Wildman–Crippen LogP) is 3.60. The number of aliphatic carboxylic acids is 1. The summed E-state index contributed by atoms with van der Waals surface area (Å²) in [5.74, 6) is -0.663. The molecule has 0 saturated heterocycles. The fraction of sp³-hybridized carbons (Fsp3) is 0.417. The van der Waals surface area contributed by atoms with E-state index in [-0.39, 0.29) is 30.5 Å². The Bertz CT molecular complexity index is 956. The Labute approximate surface area is 192 Å². The standard InChI is InChI=1S/C22H27FN2O4.C2H4O2/c1-28-19-6-5-16(21(26)25-14-22(27)7-3-2-4-8-22)11-20(19)29-18-10-15(13-24)9-17(23)12-18;1-2(3)4/h5-6,9-12,27H,2-4,7-8,13-14,24H2,1H3,(H,25,26);1H3,(H,3,4). The van der Waals surface area contributed by atoms with Crippen molar-refractivity contribution in [2.24, 2.45) is 5.73 Å². The number of hydrogen-bond donors (Lipinski definition) is 4. The summed E-state index contributed by atoms with van der Waals surface area (Å²) in [6.07, 6.45) is 4.42. The molecule has 180 valence electrons. The van der Waals surface area contributed by atoms with E-state index in [9.17, 15) is 14.3 Å². The number of carboxylic acids is 1. The van der Waals surface area contributed by atoms with E-state index in [1.165, 1.54) is 25.3 Å². The molecule has 1 aliphatic carbocycles. The number of benzene rings is 2. The molecule has 2 aromatic carbocycles. The lowest BCUT2D eigenvalue weighted by Gasteiger charge is -2.32. The molecule has 3 rings (SSSR count). The molecule has 0 radical (unpaired) electrons. The first-order chi connectivity index (χ1) is 15.7. The fourth-order valence-corrected chi connectivity index (χ4v) is 3.56. The van der Waals surface area contributed by atoms with Gasteiger partial charge in [0.2, 0.25) is 0 Å². The average Bonchev–Trinajstić information content (AvgIpc) is 2.77. The number of amides is 1. The Morgan fingerprint density at radius 3 is 2.39 bits per heavy atom. The van der Waals surface area contributed by atoms with Gasteiger partial charge in [-0.25, -0.2) is 4.39 Å². The number of nitrogens with two attached hydrogens (primary N) is 1. The summed E-state index contributed by atoms with van der Waals surface area (Å²) in [4.78, 5) is 21.6. The van der Waals surface area contributed by atoms with E-state index < -0.39 is 17.4 Å². The van der Waals surface area contributed by atoms with E-state index >= 15 is 0 Å². The molecule has 0 aliphatic heterocycles. The third kappa shape index (κ3) is 8.36. The van der Waals surface area contributed by atoms with Crippen molar-refractivity contribution in [2.75, 3.05) is 13.7 Å². The summed E-state index contributed by atoms with van der Waals surface area (Å²) in [7, 11) is 1.48. The molecule has 0 bridgehead atoms. The maximum Gasteiger partial charge on any atom is 0.300 e. The third-order valence-corrected chi connectivity index (χ3v) is 5.18. The van der Waals surface area contributed by atoms with E-state index in [2.05, 4.69) is 5.32 Å². The molecule has 0 atom stereocenters. The Morgan fingerprint density at radius 1 is 1.12 bits per heavy atom. The van der Waals surface area contributed by atoms with Gasteiger partial charge >= 0.3 is 0 Å². The van der Waals surface area contributed by atoms with Crippen molar-refractivity contribution in [3.8, 4) is 17.2 Å². The normalized spacial score (nSPS) is 14.5. The third-order valence-electron chi connectivity index (χ3n) is 5.18. The Morgan fingerprint density at radius 2 is 1.79 bits per heavy atom. The van der Waals surface area contributed by atoms with Gasteiger partial charge < -0.3 is 30.7 Å². The lowest BCUT2D eigenvalue weighted by Crippen LogP contribution is -2.44. The van der Waals surface area contributed by atoms with Gasteiger partial charge in [0.25, 0.3) is 11.9 Å². The smallest absolute Gasteiger partial charge is 0.300 e. The summed E-state index contributed by atoms with van der Waals surface area (Å²) >= 11 is 0. The van der Waals surface area contributed by atoms with Gasteiger partial charge in [0.1, 0.15) is 11.6 Å². The maximum absolute atomic E-state index is 13.8. The monoisotopic (exact) mass is 462 g/mol. The molecule has 9 heteroatoms. The largest absolute Gasteiger partial charge is 0.493 e. The van der Waals surface area contributed by atoms with Gasteiger partial charge in [-0.1, -0.05) is 19.3 Å². The molecular formula is C24H31FN2O6.